The highest BCUT2D eigenvalue weighted by atomic mass is 35.5. The van der Waals surface area contributed by atoms with Crippen molar-refractivity contribution in [3.63, 3.8) is 0 Å². The molecule has 0 saturated carbocycles. The molecule has 4 nitrogen and oxygen atoms in total. The van der Waals surface area contributed by atoms with Gasteiger partial charge in [-0.05, 0) is 19.9 Å². The number of nitrogens with zero attached hydrogens (tertiary/aromatic N) is 2. The third kappa shape index (κ3) is 3.71. The molecule has 0 fully saturated rings. The average Bonchev–Trinajstić information content (AvgIpc) is 2.61. The van der Waals surface area contributed by atoms with Gasteiger partial charge in [0.2, 0.25) is 0 Å². The number of esters is 1. The minimum atomic E-state index is -0.330. The van der Waals surface area contributed by atoms with Crippen molar-refractivity contribution in [3.8, 4) is 0 Å². The molecule has 17 heavy (non-hydrogen) atoms. The second-order valence-corrected chi connectivity index (χ2v) is 4.96. The Morgan fingerprint density at radius 3 is 2.71 bits per heavy atom. The van der Waals surface area contributed by atoms with E-state index in [-0.39, 0.29) is 5.97 Å². The molecule has 0 atom stereocenters. The lowest BCUT2D eigenvalue weighted by Gasteiger charge is -2.04. The fourth-order valence-electron chi connectivity index (χ4n) is 1.08. The molecule has 0 radical (unpaired) electrons. The lowest BCUT2D eigenvalue weighted by molar-refractivity contribution is -0.138. The largest absolute Gasteiger partial charge is 0.463 e. The minimum absolute atomic E-state index is 0.330. The topological polar surface area (TPSA) is 42.4 Å². The molecule has 0 N–H and O–H groups in total. The van der Waals surface area contributed by atoms with Gasteiger partial charge < -0.3 is 9.64 Å². The number of aromatic nitrogens is 1. The van der Waals surface area contributed by atoms with Crippen LogP contribution < -0.4 is 4.90 Å². The van der Waals surface area contributed by atoms with E-state index < -0.39 is 0 Å². The molecule has 0 unspecified atom stereocenters. The van der Waals surface area contributed by atoms with Gasteiger partial charge in [-0.2, -0.15) is 0 Å². The van der Waals surface area contributed by atoms with Gasteiger partial charge in [-0.1, -0.05) is 22.9 Å². The zero-order valence-electron chi connectivity index (χ0n) is 10.3. The fourth-order valence-corrected chi connectivity index (χ4v) is 2.27. The molecule has 6 heteroatoms. The van der Waals surface area contributed by atoms with Crippen LogP contribution >= 0.6 is 22.9 Å². The zero-order valence-corrected chi connectivity index (χ0v) is 11.9. The maximum absolute atomic E-state index is 11.4. The number of hydrogen-bond donors (Lipinski definition) is 0. The zero-order chi connectivity index (χ0) is 13.0. The van der Waals surface area contributed by atoms with E-state index in [2.05, 4.69) is 4.98 Å². The molecule has 0 aliphatic heterocycles. The molecule has 1 aromatic rings. The summed E-state index contributed by atoms with van der Waals surface area (Å²) in [6, 6.07) is 0. The Labute approximate surface area is 110 Å². The third-order valence-electron chi connectivity index (χ3n) is 1.93. The number of thiazole rings is 1. The Kier molecular flexibility index (Phi) is 4.96. The fraction of sp³-hybridized carbons (Fsp3) is 0.455. The van der Waals surface area contributed by atoms with Crippen molar-refractivity contribution in [3.05, 3.63) is 15.6 Å². The second-order valence-electron chi connectivity index (χ2n) is 3.59. The number of carbonyl (C=O) groups is 1. The van der Waals surface area contributed by atoms with Crippen molar-refractivity contribution < 1.29 is 9.53 Å². The van der Waals surface area contributed by atoms with Crippen molar-refractivity contribution >= 4 is 40.1 Å². The second kappa shape index (κ2) is 6.02. The summed E-state index contributed by atoms with van der Waals surface area (Å²) in [6.07, 6.45) is 1.70. The lowest BCUT2D eigenvalue weighted by Crippen LogP contribution is -2.07. The van der Waals surface area contributed by atoms with E-state index >= 15 is 0 Å². The molecule has 94 valence electrons. The van der Waals surface area contributed by atoms with E-state index in [1.807, 2.05) is 19.0 Å². The SMILES string of the molecule is CCOC(=O)C(C)=Cc1sc(N(C)C)nc1Cl. The molecule has 0 spiro atoms. The van der Waals surface area contributed by atoms with E-state index in [1.54, 1.807) is 19.9 Å². The summed E-state index contributed by atoms with van der Waals surface area (Å²) in [7, 11) is 3.78. The van der Waals surface area contributed by atoms with Crippen molar-refractivity contribution in [2.24, 2.45) is 0 Å². The number of carbonyl (C=O) groups excluding carboxylic acids is 1. The van der Waals surface area contributed by atoms with Crippen molar-refractivity contribution in [1.29, 1.82) is 0 Å². The summed E-state index contributed by atoms with van der Waals surface area (Å²) in [5.41, 5.74) is 0.516. The monoisotopic (exact) mass is 274 g/mol. The molecule has 1 aromatic heterocycles. The van der Waals surface area contributed by atoms with Crippen molar-refractivity contribution in [2.75, 3.05) is 25.6 Å². The minimum Gasteiger partial charge on any atom is -0.463 e. The van der Waals surface area contributed by atoms with Gasteiger partial charge in [0.25, 0.3) is 0 Å². The Balaban J connectivity index is 2.93. The Morgan fingerprint density at radius 1 is 1.59 bits per heavy atom. The summed E-state index contributed by atoms with van der Waals surface area (Å²) in [6.45, 7) is 3.84. The number of anilines is 1. The first-order valence-corrected chi connectivity index (χ1v) is 6.34. The summed E-state index contributed by atoms with van der Waals surface area (Å²) < 4.78 is 4.89. The van der Waals surface area contributed by atoms with Gasteiger partial charge in [0.05, 0.1) is 11.5 Å². The molecule has 1 heterocycles. The van der Waals surface area contributed by atoms with Gasteiger partial charge in [-0.3, -0.25) is 0 Å². The van der Waals surface area contributed by atoms with Gasteiger partial charge in [-0.25, -0.2) is 9.78 Å². The van der Waals surface area contributed by atoms with Crippen LogP contribution in [-0.2, 0) is 9.53 Å². The Hall–Kier alpha value is -1.07. The molecule has 0 aliphatic carbocycles. The molecular weight excluding hydrogens is 260 g/mol. The summed E-state index contributed by atoms with van der Waals surface area (Å²) >= 11 is 7.42. The smallest absolute Gasteiger partial charge is 0.333 e. The third-order valence-corrected chi connectivity index (χ3v) is 3.50. The molecular formula is C11H15ClN2O2S. The van der Waals surface area contributed by atoms with E-state index in [9.17, 15) is 4.79 Å². The van der Waals surface area contributed by atoms with Gasteiger partial charge in [0.15, 0.2) is 5.13 Å². The first kappa shape index (κ1) is 14.0. The highest BCUT2D eigenvalue weighted by Crippen LogP contribution is 2.30. The van der Waals surface area contributed by atoms with E-state index in [1.165, 1.54) is 11.3 Å². The highest BCUT2D eigenvalue weighted by molar-refractivity contribution is 7.17. The first-order valence-electron chi connectivity index (χ1n) is 5.14. The number of halogens is 1. The van der Waals surface area contributed by atoms with Crippen LogP contribution in [0.25, 0.3) is 6.08 Å². The van der Waals surface area contributed by atoms with Crippen molar-refractivity contribution in [1.82, 2.24) is 4.98 Å². The van der Waals surface area contributed by atoms with Crippen LogP contribution in [0.2, 0.25) is 5.15 Å². The molecule has 0 bridgehead atoms. The number of hydrogen-bond acceptors (Lipinski definition) is 5. The highest BCUT2D eigenvalue weighted by Gasteiger charge is 2.11. The van der Waals surface area contributed by atoms with E-state index in [0.29, 0.717) is 17.3 Å². The average molecular weight is 275 g/mol. The first-order chi connectivity index (χ1) is 7.95. The normalized spacial score (nSPS) is 11.5. The maximum atomic E-state index is 11.4. The van der Waals surface area contributed by atoms with E-state index in [4.69, 9.17) is 16.3 Å². The molecule has 0 amide bonds. The van der Waals surface area contributed by atoms with Gasteiger partial charge in [-0.15, -0.1) is 0 Å². The van der Waals surface area contributed by atoms with Crippen LogP contribution in [0, 0.1) is 0 Å². The number of ether oxygens (including phenoxy) is 1. The quantitative estimate of drug-likeness (QED) is 0.625. The molecule has 0 aromatic carbocycles. The van der Waals surface area contributed by atoms with Crippen LogP contribution in [-0.4, -0.2) is 31.7 Å². The van der Waals surface area contributed by atoms with Gasteiger partial charge >= 0.3 is 5.97 Å². The Bertz CT molecular complexity index is 441. The van der Waals surface area contributed by atoms with Crippen molar-refractivity contribution in [2.45, 2.75) is 13.8 Å². The maximum Gasteiger partial charge on any atom is 0.333 e. The van der Waals surface area contributed by atoms with Crippen LogP contribution in [0.4, 0.5) is 5.13 Å². The van der Waals surface area contributed by atoms with Crippen LogP contribution in [0.3, 0.4) is 0 Å². The predicted molar refractivity (Wildman–Crippen MR) is 71.7 cm³/mol. The molecule has 0 saturated heterocycles. The predicted octanol–water partition coefficient (Wildman–Crippen LogP) is 2.83. The van der Waals surface area contributed by atoms with Crippen LogP contribution in [0.15, 0.2) is 5.57 Å². The van der Waals surface area contributed by atoms with Gasteiger partial charge in [0, 0.05) is 19.7 Å². The standard InChI is InChI=1S/C11H15ClN2O2S/c1-5-16-10(15)7(2)6-8-9(12)13-11(17-8)14(3)4/h6H,5H2,1-4H3. The summed E-state index contributed by atoms with van der Waals surface area (Å²) in [5.74, 6) is -0.330. The van der Waals surface area contributed by atoms with E-state index in [0.717, 1.165) is 10.0 Å². The van der Waals surface area contributed by atoms with Crippen LogP contribution in [0.5, 0.6) is 0 Å². The van der Waals surface area contributed by atoms with Gasteiger partial charge in [0.1, 0.15) is 5.15 Å². The molecule has 0 aliphatic rings. The lowest BCUT2D eigenvalue weighted by atomic mass is 10.3. The number of rotatable bonds is 4. The Morgan fingerprint density at radius 2 is 2.24 bits per heavy atom. The summed E-state index contributed by atoms with van der Waals surface area (Å²) in [5, 5.41) is 1.21. The summed E-state index contributed by atoms with van der Waals surface area (Å²) in [4.78, 5) is 18.3. The van der Waals surface area contributed by atoms with Crippen LogP contribution in [0.1, 0.15) is 18.7 Å². The molecule has 1 rings (SSSR count).